The quantitative estimate of drug-likeness (QED) is 0.745. The minimum absolute atomic E-state index is 0. The lowest BCUT2D eigenvalue weighted by molar-refractivity contribution is 0.130. The predicted molar refractivity (Wildman–Crippen MR) is 102 cm³/mol. The van der Waals surface area contributed by atoms with Gasteiger partial charge in [-0.25, -0.2) is 0 Å². The van der Waals surface area contributed by atoms with Crippen LogP contribution in [0.4, 0.5) is 0 Å². The maximum atomic E-state index is 6.24. The molecule has 124 valence electrons. The Hall–Kier alpha value is -1.07. The Morgan fingerprint density at radius 1 is 1.13 bits per heavy atom. The fourth-order valence-corrected chi connectivity index (χ4v) is 3.48. The van der Waals surface area contributed by atoms with E-state index in [-0.39, 0.29) is 12.4 Å². The molecule has 0 unspecified atom stereocenters. The van der Waals surface area contributed by atoms with Gasteiger partial charge in [0.15, 0.2) is 0 Å². The summed E-state index contributed by atoms with van der Waals surface area (Å²) in [6, 6.07) is 12.3. The Labute approximate surface area is 153 Å². The van der Waals surface area contributed by atoms with Crippen LogP contribution in [0.2, 0.25) is 5.02 Å². The summed E-state index contributed by atoms with van der Waals surface area (Å²) in [6.45, 7) is 6.97. The Morgan fingerprint density at radius 2 is 1.87 bits per heavy atom. The minimum Gasteiger partial charge on any atom is -0.295 e. The van der Waals surface area contributed by atoms with Crippen LogP contribution < -0.4 is 0 Å². The molecule has 1 saturated heterocycles. The van der Waals surface area contributed by atoms with E-state index in [1.165, 1.54) is 10.4 Å². The van der Waals surface area contributed by atoms with Crippen molar-refractivity contribution < 1.29 is 0 Å². The lowest BCUT2D eigenvalue weighted by atomic mass is 10.2. The fourth-order valence-electron chi connectivity index (χ4n) is 2.61. The van der Waals surface area contributed by atoms with E-state index in [4.69, 9.17) is 16.7 Å². The summed E-state index contributed by atoms with van der Waals surface area (Å²) in [5.41, 5.74) is 2.31. The van der Waals surface area contributed by atoms with Gasteiger partial charge < -0.3 is 0 Å². The number of piperazine rings is 1. The number of rotatable bonds is 4. The molecule has 0 bridgehead atoms. The molecule has 1 fully saturated rings. The number of thiophene rings is 1. The SMILES string of the molecule is C/C(=N\N1CCN(Cc2ccccc2Cl)CC1)c1cccs1.Cl. The molecule has 3 nitrogen and oxygen atoms in total. The first-order valence-corrected chi connectivity index (χ1v) is 8.78. The second kappa shape index (κ2) is 8.69. The first-order valence-electron chi connectivity index (χ1n) is 7.52. The van der Waals surface area contributed by atoms with Gasteiger partial charge in [-0.3, -0.25) is 9.91 Å². The number of hydrogen-bond acceptors (Lipinski definition) is 4. The van der Waals surface area contributed by atoms with Crippen molar-refractivity contribution in [3.8, 4) is 0 Å². The van der Waals surface area contributed by atoms with Gasteiger partial charge in [-0.15, -0.1) is 23.7 Å². The van der Waals surface area contributed by atoms with Gasteiger partial charge in [0, 0.05) is 42.6 Å². The lowest BCUT2D eigenvalue weighted by Gasteiger charge is -2.33. The highest BCUT2D eigenvalue weighted by atomic mass is 35.5. The van der Waals surface area contributed by atoms with Crippen molar-refractivity contribution in [1.82, 2.24) is 9.91 Å². The summed E-state index contributed by atoms with van der Waals surface area (Å²) < 4.78 is 0. The Morgan fingerprint density at radius 3 is 2.52 bits per heavy atom. The average Bonchev–Trinajstić information content (AvgIpc) is 3.06. The molecule has 1 aromatic carbocycles. The maximum Gasteiger partial charge on any atom is 0.0746 e. The van der Waals surface area contributed by atoms with Crippen molar-refractivity contribution in [2.24, 2.45) is 5.10 Å². The summed E-state index contributed by atoms with van der Waals surface area (Å²) in [5, 5.41) is 9.87. The normalized spacial score (nSPS) is 16.3. The Bertz CT molecular complexity index is 635. The van der Waals surface area contributed by atoms with Crippen LogP contribution in [0, 0.1) is 0 Å². The van der Waals surface area contributed by atoms with E-state index >= 15 is 0 Å². The molecule has 1 aliphatic heterocycles. The average molecular weight is 370 g/mol. The van der Waals surface area contributed by atoms with E-state index < -0.39 is 0 Å². The number of hydrazone groups is 1. The van der Waals surface area contributed by atoms with E-state index in [1.54, 1.807) is 11.3 Å². The summed E-state index contributed by atoms with van der Waals surface area (Å²) in [6.07, 6.45) is 0. The highest BCUT2D eigenvalue weighted by Crippen LogP contribution is 2.18. The summed E-state index contributed by atoms with van der Waals surface area (Å²) in [4.78, 5) is 3.69. The van der Waals surface area contributed by atoms with Gasteiger partial charge in [0.1, 0.15) is 0 Å². The topological polar surface area (TPSA) is 18.8 Å². The summed E-state index contributed by atoms with van der Waals surface area (Å²) in [5.74, 6) is 0. The zero-order valence-electron chi connectivity index (χ0n) is 13.1. The van der Waals surface area contributed by atoms with Gasteiger partial charge in [-0.05, 0) is 30.0 Å². The Kier molecular flexibility index (Phi) is 6.90. The largest absolute Gasteiger partial charge is 0.295 e. The van der Waals surface area contributed by atoms with Gasteiger partial charge >= 0.3 is 0 Å². The maximum absolute atomic E-state index is 6.24. The van der Waals surface area contributed by atoms with E-state index in [9.17, 15) is 0 Å². The van der Waals surface area contributed by atoms with Crippen LogP contribution in [0.15, 0.2) is 46.9 Å². The van der Waals surface area contributed by atoms with E-state index in [0.717, 1.165) is 43.5 Å². The summed E-state index contributed by atoms with van der Waals surface area (Å²) >= 11 is 7.98. The minimum atomic E-state index is 0. The molecule has 0 amide bonds. The molecule has 2 aromatic rings. The van der Waals surface area contributed by atoms with Crippen LogP contribution >= 0.6 is 35.3 Å². The van der Waals surface area contributed by atoms with Crippen LogP contribution in [0.25, 0.3) is 0 Å². The monoisotopic (exact) mass is 369 g/mol. The second-order valence-electron chi connectivity index (χ2n) is 5.48. The summed E-state index contributed by atoms with van der Waals surface area (Å²) in [7, 11) is 0. The first-order chi connectivity index (χ1) is 10.7. The van der Waals surface area contributed by atoms with Gasteiger partial charge in [0.25, 0.3) is 0 Å². The first kappa shape index (κ1) is 18.3. The molecule has 0 saturated carbocycles. The fraction of sp³-hybridized carbons (Fsp3) is 0.353. The standard InChI is InChI=1S/C17H20ClN3S.ClH/c1-14(17-7-4-12-22-17)19-21-10-8-20(9-11-21)13-15-5-2-3-6-16(15)18;/h2-7,12H,8-11,13H2,1H3;1H/b19-14+;. The molecule has 2 heterocycles. The predicted octanol–water partition coefficient (Wildman–Crippen LogP) is 4.37. The van der Waals surface area contributed by atoms with Crippen LogP contribution in [0.3, 0.4) is 0 Å². The van der Waals surface area contributed by atoms with Crippen LogP contribution in [0.1, 0.15) is 17.4 Å². The van der Waals surface area contributed by atoms with Crippen molar-refractivity contribution in [2.75, 3.05) is 26.2 Å². The molecule has 0 atom stereocenters. The molecule has 0 spiro atoms. The van der Waals surface area contributed by atoms with Crippen molar-refractivity contribution in [1.29, 1.82) is 0 Å². The van der Waals surface area contributed by atoms with Crippen molar-refractivity contribution in [3.63, 3.8) is 0 Å². The number of hydrogen-bond donors (Lipinski definition) is 0. The zero-order chi connectivity index (χ0) is 15.4. The number of halogens is 2. The lowest BCUT2D eigenvalue weighted by Crippen LogP contribution is -2.43. The van der Waals surface area contributed by atoms with Crippen molar-refractivity contribution >= 4 is 41.1 Å². The third-order valence-electron chi connectivity index (χ3n) is 3.87. The van der Waals surface area contributed by atoms with Gasteiger partial charge in [-0.2, -0.15) is 5.10 Å². The highest BCUT2D eigenvalue weighted by Gasteiger charge is 2.17. The zero-order valence-corrected chi connectivity index (χ0v) is 15.5. The van der Waals surface area contributed by atoms with Crippen LogP contribution in [0.5, 0.6) is 0 Å². The highest BCUT2D eigenvalue weighted by molar-refractivity contribution is 7.12. The molecule has 0 radical (unpaired) electrons. The van der Waals surface area contributed by atoms with Crippen LogP contribution in [-0.2, 0) is 6.54 Å². The molecular formula is C17H21Cl2N3S. The van der Waals surface area contributed by atoms with E-state index in [0.29, 0.717) is 0 Å². The smallest absolute Gasteiger partial charge is 0.0746 e. The van der Waals surface area contributed by atoms with Crippen molar-refractivity contribution in [2.45, 2.75) is 13.5 Å². The molecular weight excluding hydrogens is 349 g/mol. The van der Waals surface area contributed by atoms with Crippen LogP contribution in [-0.4, -0.2) is 41.8 Å². The molecule has 0 N–H and O–H groups in total. The third kappa shape index (κ3) is 4.95. The number of benzene rings is 1. The Balaban J connectivity index is 0.00000192. The molecule has 1 aromatic heterocycles. The van der Waals surface area contributed by atoms with E-state index in [1.807, 2.05) is 18.2 Å². The molecule has 3 rings (SSSR count). The van der Waals surface area contributed by atoms with E-state index in [2.05, 4.69) is 40.4 Å². The van der Waals surface area contributed by atoms with Gasteiger partial charge in [-0.1, -0.05) is 35.9 Å². The van der Waals surface area contributed by atoms with Gasteiger partial charge in [0.2, 0.25) is 0 Å². The molecule has 0 aliphatic carbocycles. The second-order valence-corrected chi connectivity index (χ2v) is 6.84. The molecule has 1 aliphatic rings. The third-order valence-corrected chi connectivity index (χ3v) is 5.22. The van der Waals surface area contributed by atoms with Gasteiger partial charge in [0.05, 0.1) is 5.71 Å². The molecule has 6 heteroatoms. The van der Waals surface area contributed by atoms with Crippen molar-refractivity contribution in [3.05, 3.63) is 57.2 Å². The molecule has 23 heavy (non-hydrogen) atoms. The number of nitrogens with zero attached hydrogens (tertiary/aromatic N) is 3.